The first-order valence-corrected chi connectivity index (χ1v) is 7.68. The third-order valence-corrected chi connectivity index (χ3v) is 4.29. The molecule has 0 saturated carbocycles. The molecule has 0 aliphatic carbocycles. The molecule has 0 radical (unpaired) electrons. The molecule has 1 fully saturated rings. The predicted octanol–water partition coefficient (Wildman–Crippen LogP) is 2.50. The van der Waals surface area contributed by atoms with Crippen LogP contribution in [0.2, 0.25) is 0 Å². The van der Waals surface area contributed by atoms with Gasteiger partial charge in [0.05, 0.1) is 5.69 Å². The van der Waals surface area contributed by atoms with Crippen molar-refractivity contribution >= 4 is 22.1 Å². The topological polar surface area (TPSA) is 32.6 Å². The zero-order valence-corrected chi connectivity index (χ0v) is 11.7. The second-order valence-corrected chi connectivity index (χ2v) is 5.64. The SMILES string of the molecule is CCNCc1c(N2CCCCC2)nc2sccn12. The Labute approximate surface area is 112 Å². The van der Waals surface area contributed by atoms with Crippen molar-refractivity contribution in [1.29, 1.82) is 0 Å². The lowest BCUT2D eigenvalue weighted by Crippen LogP contribution is -2.31. The van der Waals surface area contributed by atoms with Crippen LogP contribution in [0.1, 0.15) is 31.9 Å². The van der Waals surface area contributed by atoms with E-state index >= 15 is 0 Å². The van der Waals surface area contributed by atoms with E-state index in [9.17, 15) is 0 Å². The van der Waals surface area contributed by atoms with Crippen LogP contribution in [0, 0.1) is 0 Å². The molecule has 0 atom stereocenters. The van der Waals surface area contributed by atoms with E-state index in [0.29, 0.717) is 0 Å². The van der Waals surface area contributed by atoms with Crippen LogP contribution in [0.3, 0.4) is 0 Å². The Morgan fingerprint density at radius 2 is 2.17 bits per heavy atom. The van der Waals surface area contributed by atoms with Crippen LogP contribution in [0.25, 0.3) is 4.96 Å². The molecule has 5 heteroatoms. The van der Waals surface area contributed by atoms with Crippen molar-refractivity contribution in [2.24, 2.45) is 0 Å². The highest BCUT2D eigenvalue weighted by Crippen LogP contribution is 2.26. The molecule has 98 valence electrons. The minimum absolute atomic E-state index is 0.903. The van der Waals surface area contributed by atoms with Crippen LogP contribution < -0.4 is 10.2 Å². The molecule has 18 heavy (non-hydrogen) atoms. The summed E-state index contributed by atoms with van der Waals surface area (Å²) < 4.78 is 2.23. The van der Waals surface area contributed by atoms with Crippen molar-refractivity contribution in [3.63, 3.8) is 0 Å². The third-order valence-electron chi connectivity index (χ3n) is 3.54. The van der Waals surface area contributed by atoms with Crippen LogP contribution in [-0.2, 0) is 6.54 Å². The summed E-state index contributed by atoms with van der Waals surface area (Å²) >= 11 is 1.72. The molecule has 0 amide bonds. The number of nitrogens with one attached hydrogen (secondary N) is 1. The molecule has 0 aromatic carbocycles. The molecule has 1 aliphatic heterocycles. The summed E-state index contributed by atoms with van der Waals surface area (Å²) in [7, 11) is 0. The Bertz CT molecular complexity index is 510. The number of piperidine rings is 1. The third kappa shape index (κ3) is 2.12. The number of anilines is 1. The maximum Gasteiger partial charge on any atom is 0.195 e. The molecule has 0 spiro atoms. The van der Waals surface area contributed by atoms with Gasteiger partial charge in [0, 0.05) is 31.2 Å². The average molecular weight is 264 g/mol. The summed E-state index contributed by atoms with van der Waals surface area (Å²) in [6, 6.07) is 0. The average Bonchev–Trinajstić information content (AvgIpc) is 2.98. The van der Waals surface area contributed by atoms with E-state index in [1.165, 1.54) is 30.8 Å². The van der Waals surface area contributed by atoms with Crippen LogP contribution in [-0.4, -0.2) is 29.0 Å². The Morgan fingerprint density at radius 1 is 1.33 bits per heavy atom. The van der Waals surface area contributed by atoms with Crippen molar-refractivity contribution in [3.05, 3.63) is 17.3 Å². The molecule has 1 N–H and O–H groups in total. The molecule has 1 saturated heterocycles. The van der Waals surface area contributed by atoms with E-state index < -0.39 is 0 Å². The van der Waals surface area contributed by atoms with Crippen molar-refractivity contribution in [1.82, 2.24) is 14.7 Å². The van der Waals surface area contributed by atoms with E-state index in [2.05, 4.69) is 33.1 Å². The fourth-order valence-electron chi connectivity index (χ4n) is 2.59. The van der Waals surface area contributed by atoms with Gasteiger partial charge < -0.3 is 10.2 Å². The van der Waals surface area contributed by atoms with Gasteiger partial charge in [-0.2, -0.15) is 0 Å². The normalized spacial score (nSPS) is 16.6. The Hall–Kier alpha value is -1.07. The van der Waals surface area contributed by atoms with Crippen LogP contribution in [0.4, 0.5) is 5.82 Å². The predicted molar refractivity (Wildman–Crippen MR) is 76.5 cm³/mol. The van der Waals surface area contributed by atoms with Gasteiger partial charge in [0.1, 0.15) is 0 Å². The number of hydrogen-bond donors (Lipinski definition) is 1. The number of nitrogens with zero attached hydrogens (tertiary/aromatic N) is 3. The second kappa shape index (κ2) is 5.28. The summed E-state index contributed by atoms with van der Waals surface area (Å²) in [4.78, 5) is 8.39. The highest BCUT2D eigenvalue weighted by Gasteiger charge is 2.20. The first kappa shape index (κ1) is 12.0. The van der Waals surface area contributed by atoms with E-state index in [0.717, 1.165) is 31.1 Å². The van der Waals surface area contributed by atoms with Crippen molar-refractivity contribution in [2.75, 3.05) is 24.5 Å². The number of thiazole rings is 1. The molecule has 3 heterocycles. The van der Waals surface area contributed by atoms with Gasteiger partial charge in [-0.1, -0.05) is 6.92 Å². The number of hydrogen-bond acceptors (Lipinski definition) is 4. The minimum Gasteiger partial charge on any atom is -0.355 e. The summed E-state index contributed by atoms with van der Waals surface area (Å²) in [6.45, 7) is 6.36. The molecule has 0 bridgehead atoms. The van der Waals surface area contributed by atoms with Gasteiger partial charge in [0.25, 0.3) is 0 Å². The van der Waals surface area contributed by atoms with Crippen LogP contribution >= 0.6 is 11.3 Å². The van der Waals surface area contributed by atoms with Crippen molar-refractivity contribution in [2.45, 2.75) is 32.7 Å². The zero-order chi connectivity index (χ0) is 12.4. The number of imidazole rings is 1. The Balaban J connectivity index is 1.95. The molecule has 4 nitrogen and oxygen atoms in total. The monoisotopic (exact) mass is 264 g/mol. The highest BCUT2D eigenvalue weighted by atomic mass is 32.1. The molecular weight excluding hydrogens is 244 g/mol. The van der Waals surface area contributed by atoms with Gasteiger partial charge in [-0.15, -0.1) is 11.3 Å². The van der Waals surface area contributed by atoms with E-state index in [1.807, 2.05) is 0 Å². The lowest BCUT2D eigenvalue weighted by molar-refractivity contribution is 0.570. The van der Waals surface area contributed by atoms with Gasteiger partial charge in [0.15, 0.2) is 10.8 Å². The largest absolute Gasteiger partial charge is 0.355 e. The quantitative estimate of drug-likeness (QED) is 0.921. The smallest absolute Gasteiger partial charge is 0.195 e. The van der Waals surface area contributed by atoms with Crippen molar-refractivity contribution < 1.29 is 0 Å². The van der Waals surface area contributed by atoms with Gasteiger partial charge >= 0.3 is 0 Å². The number of rotatable bonds is 4. The molecular formula is C13H20N4S. The molecule has 0 unspecified atom stereocenters. The molecule has 2 aromatic rings. The van der Waals surface area contributed by atoms with E-state index in [1.54, 1.807) is 11.3 Å². The maximum atomic E-state index is 4.82. The van der Waals surface area contributed by atoms with Gasteiger partial charge in [-0.25, -0.2) is 4.98 Å². The summed E-state index contributed by atoms with van der Waals surface area (Å²) in [5.41, 5.74) is 1.31. The summed E-state index contributed by atoms with van der Waals surface area (Å²) in [5, 5.41) is 5.54. The first-order valence-electron chi connectivity index (χ1n) is 6.80. The van der Waals surface area contributed by atoms with Crippen LogP contribution in [0.15, 0.2) is 11.6 Å². The maximum absolute atomic E-state index is 4.82. The standard InChI is InChI=1S/C13H20N4S/c1-2-14-10-11-12(16-6-4-3-5-7-16)15-13-17(11)8-9-18-13/h8-9,14H,2-7,10H2,1H3. The fraction of sp³-hybridized carbons (Fsp3) is 0.615. The van der Waals surface area contributed by atoms with E-state index in [-0.39, 0.29) is 0 Å². The van der Waals surface area contributed by atoms with Crippen LogP contribution in [0.5, 0.6) is 0 Å². The van der Waals surface area contributed by atoms with Gasteiger partial charge in [0.2, 0.25) is 0 Å². The minimum atomic E-state index is 0.903. The molecule has 3 rings (SSSR count). The van der Waals surface area contributed by atoms with Gasteiger partial charge in [-0.05, 0) is 25.8 Å². The molecule has 2 aromatic heterocycles. The van der Waals surface area contributed by atoms with Gasteiger partial charge in [-0.3, -0.25) is 4.40 Å². The zero-order valence-electron chi connectivity index (χ0n) is 10.9. The Morgan fingerprint density at radius 3 is 2.94 bits per heavy atom. The number of aromatic nitrogens is 2. The number of fused-ring (bicyclic) bond motifs is 1. The fourth-order valence-corrected chi connectivity index (χ4v) is 3.32. The molecule has 1 aliphatic rings. The van der Waals surface area contributed by atoms with E-state index in [4.69, 9.17) is 4.98 Å². The Kier molecular flexibility index (Phi) is 3.52. The second-order valence-electron chi connectivity index (χ2n) is 4.77. The summed E-state index contributed by atoms with van der Waals surface area (Å²) in [5.74, 6) is 1.20. The highest BCUT2D eigenvalue weighted by molar-refractivity contribution is 7.15. The lowest BCUT2D eigenvalue weighted by atomic mass is 10.1. The lowest BCUT2D eigenvalue weighted by Gasteiger charge is -2.27. The summed E-state index contributed by atoms with van der Waals surface area (Å²) in [6.07, 6.45) is 6.09. The first-order chi connectivity index (χ1) is 8.90. The van der Waals surface area contributed by atoms with Crippen molar-refractivity contribution in [3.8, 4) is 0 Å².